The van der Waals surface area contributed by atoms with Gasteiger partial charge in [0.05, 0.1) is 7.11 Å². The number of hydrogen-bond donors (Lipinski definition) is 1. The second kappa shape index (κ2) is 12.5. The minimum absolute atomic E-state index is 0.238. The fourth-order valence-electron chi connectivity index (χ4n) is 2.36. The van der Waals surface area contributed by atoms with Gasteiger partial charge in [0.2, 0.25) is 0 Å². The zero-order chi connectivity index (χ0) is 20.2. The summed E-state index contributed by atoms with van der Waals surface area (Å²) in [6.45, 7) is 9.84. The standard InChI is InChI=1S/C21H35NO4/c1-7-8-9-12-18(16(2)20(24)25-6)17(14-15-22)11-10-13-19(23)26-21(3,4)5/h9,11-12H,7-8,10,13-15,22H2,1-6H3/b12-9-,17-11+,18-16-. The molecule has 0 heterocycles. The van der Waals surface area contributed by atoms with Crippen molar-refractivity contribution in [1.82, 2.24) is 0 Å². The number of rotatable bonds is 10. The lowest BCUT2D eigenvalue weighted by molar-refractivity contribution is -0.154. The summed E-state index contributed by atoms with van der Waals surface area (Å²) in [6.07, 6.45) is 9.34. The van der Waals surface area contributed by atoms with Gasteiger partial charge in [-0.2, -0.15) is 0 Å². The number of hydrogen-bond acceptors (Lipinski definition) is 5. The van der Waals surface area contributed by atoms with E-state index >= 15 is 0 Å². The molecular weight excluding hydrogens is 330 g/mol. The van der Waals surface area contributed by atoms with E-state index in [1.165, 1.54) is 7.11 Å². The lowest BCUT2D eigenvalue weighted by Gasteiger charge is -2.19. The zero-order valence-electron chi connectivity index (χ0n) is 17.2. The molecule has 0 atom stereocenters. The highest BCUT2D eigenvalue weighted by Gasteiger charge is 2.16. The topological polar surface area (TPSA) is 78.6 Å². The minimum atomic E-state index is -0.490. The predicted molar refractivity (Wildman–Crippen MR) is 106 cm³/mol. The Morgan fingerprint density at radius 2 is 1.77 bits per heavy atom. The van der Waals surface area contributed by atoms with Crippen LogP contribution in [-0.2, 0) is 19.1 Å². The number of carbonyl (C=O) groups excluding carboxylic acids is 2. The first-order chi connectivity index (χ1) is 12.2. The molecule has 148 valence electrons. The molecule has 0 bridgehead atoms. The normalized spacial score (nSPS) is 13.6. The van der Waals surface area contributed by atoms with Gasteiger partial charge in [-0.3, -0.25) is 4.79 Å². The second-order valence-corrected chi connectivity index (χ2v) is 7.11. The fraction of sp³-hybridized carbons (Fsp3) is 0.619. The molecule has 0 rings (SSSR count). The van der Waals surface area contributed by atoms with E-state index in [1.54, 1.807) is 6.92 Å². The first-order valence-electron chi connectivity index (χ1n) is 9.23. The van der Waals surface area contributed by atoms with E-state index < -0.39 is 5.60 Å². The van der Waals surface area contributed by atoms with Crippen LogP contribution in [-0.4, -0.2) is 31.2 Å². The van der Waals surface area contributed by atoms with Crippen molar-refractivity contribution >= 4 is 11.9 Å². The Morgan fingerprint density at radius 1 is 1.12 bits per heavy atom. The summed E-state index contributed by atoms with van der Waals surface area (Å²) in [6, 6.07) is 0. The van der Waals surface area contributed by atoms with Crippen LogP contribution < -0.4 is 5.73 Å². The average molecular weight is 366 g/mol. The highest BCUT2D eigenvalue weighted by molar-refractivity contribution is 5.90. The van der Waals surface area contributed by atoms with Crippen molar-refractivity contribution in [3.8, 4) is 0 Å². The van der Waals surface area contributed by atoms with Crippen LogP contribution in [0.1, 0.15) is 66.7 Å². The van der Waals surface area contributed by atoms with Crippen LogP contribution in [0.4, 0.5) is 0 Å². The quantitative estimate of drug-likeness (QED) is 0.356. The van der Waals surface area contributed by atoms with Crippen LogP contribution in [0.3, 0.4) is 0 Å². The summed E-state index contributed by atoms with van der Waals surface area (Å²) in [5.74, 6) is -0.603. The smallest absolute Gasteiger partial charge is 0.334 e. The van der Waals surface area contributed by atoms with E-state index in [1.807, 2.05) is 39.0 Å². The Bertz CT molecular complexity index is 551. The molecule has 0 aliphatic rings. The van der Waals surface area contributed by atoms with Gasteiger partial charge in [0, 0.05) is 12.0 Å². The Morgan fingerprint density at radius 3 is 2.27 bits per heavy atom. The van der Waals surface area contributed by atoms with E-state index in [4.69, 9.17) is 15.2 Å². The number of carbonyl (C=O) groups is 2. The Kier molecular flexibility index (Phi) is 11.6. The summed E-state index contributed by atoms with van der Waals surface area (Å²) in [4.78, 5) is 23.9. The van der Waals surface area contributed by atoms with Gasteiger partial charge in [-0.25, -0.2) is 4.79 Å². The Labute approximate surface area is 158 Å². The van der Waals surface area contributed by atoms with Gasteiger partial charge in [-0.15, -0.1) is 0 Å². The van der Waals surface area contributed by atoms with Crippen molar-refractivity contribution in [3.63, 3.8) is 0 Å². The molecule has 0 aromatic rings. The van der Waals surface area contributed by atoms with E-state index in [9.17, 15) is 9.59 Å². The third kappa shape index (κ3) is 10.2. The third-order valence-corrected chi connectivity index (χ3v) is 3.55. The lowest BCUT2D eigenvalue weighted by atomic mass is 9.95. The number of allylic oxidation sites excluding steroid dienone is 4. The molecule has 0 spiro atoms. The third-order valence-electron chi connectivity index (χ3n) is 3.55. The zero-order valence-corrected chi connectivity index (χ0v) is 17.2. The number of unbranched alkanes of at least 4 members (excludes halogenated alkanes) is 1. The first-order valence-corrected chi connectivity index (χ1v) is 9.23. The van der Waals surface area contributed by atoms with Gasteiger partial charge in [-0.05, 0) is 64.6 Å². The molecule has 5 heteroatoms. The maximum atomic E-state index is 12.0. The summed E-state index contributed by atoms with van der Waals surface area (Å²) in [7, 11) is 1.37. The molecule has 0 aromatic heterocycles. The van der Waals surface area contributed by atoms with Crippen LogP contribution >= 0.6 is 0 Å². The molecule has 5 nitrogen and oxygen atoms in total. The number of esters is 2. The van der Waals surface area contributed by atoms with Gasteiger partial charge < -0.3 is 15.2 Å². The van der Waals surface area contributed by atoms with Crippen molar-refractivity contribution < 1.29 is 19.1 Å². The molecule has 0 fully saturated rings. The van der Waals surface area contributed by atoms with Crippen LogP contribution in [0.2, 0.25) is 0 Å². The fourth-order valence-corrected chi connectivity index (χ4v) is 2.36. The van der Waals surface area contributed by atoms with Crippen molar-refractivity contribution in [2.75, 3.05) is 13.7 Å². The van der Waals surface area contributed by atoms with E-state index in [2.05, 4.69) is 6.92 Å². The molecule has 0 aliphatic heterocycles. The maximum absolute atomic E-state index is 12.0. The van der Waals surface area contributed by atoms with Gasteiger partial charge >= 0.3 is 11.9 Å². The van der Waals surface area contributed by atoms with Crippen molar-refractivity contribution in [2.24, 2.45) is 5.73 Å². The van der Waals surface area contributed by atoms with Crippen molar-refractivity contribution in [2.45, 2.75) is 72.3 Å². The predicted octanol–water partition coefficient (Wildman–Crippen LogP) is 4.23. The molecule has 0 aromatic carbocycles. The van der Waals surface area contributed by atoms with E-state index in [0.717, 1.165) is 24.0 Å². The lowest BCUT2D eigenvalue weighted by Crippen LogP contribution is -2.23. The second-order valence-electron chi connectivity index (χ2n) is 7.11. The molecular formula is C21H35NO4. The highest BCUT2D eigenvalue weighted by atomic mass is 16.6. The molecule has 0 saturated heterocycles. The molecule has 0 saturated carbocycles. The highest BCUT2D eigenvalue weighted by Crippen LogP contribution is 2.22. The van der Waals surface area contributed by atoms with Gasteiger partial charge in [0.1, 0.15) is 5.60 Å². The number of ether oxygens (including phenoxy) is 2. The van der Waals surface area contributed by atoms with Gasteiger partial charge in [0.15, 0.2) is 0 Å². The summed E-state index contributed by atoms with van der Waals surface area (Å²) in [5, 5.41) is 0. The molecule has 0 aliphatic carbocycles. The molecule has 0 amide bonds. The van der Waals surface area contributed by atoms with Crippen LogP contribution in [0.15, 0.2) is 34.9 Å². The van der Waals surface area contributed by atoms with E-state index in [-0.39, 0.29) is 18.4 Å². The van der Waals surface area contributed by atoms with E-state index in [0.29, 0.717) is 25.0 Å². The summed E-state index contributed by atoms with van der Waals surface area (Å²) >= 11 is 0. The van der Waals surface area contributed by atoms with Crippen molar-refractivity contribution in [1.29, 1.82) is 0 Å². The first kappa shape index (κ1) is 24.1. The summed E-state index contributed by atoms with van der Waals surface area (Å²) < 4.78 is 10.2. The van der Waals surface area contributed by atoms with Crippen LogP contribution in [0.5, 0.6) is 0 Å². The Hall–Kier alpha value is -1.88. The Balaban J connectivity index is 5.44. The maximum Gasteiger partial charge on any atom is 0.334 e. The number of methoxy groups -OCH3 is 1. The van der Waals surface area contributed by atoms with Crippen LogP contribution in [0.25, 0.3) is 0 Å². The molecule has 0 radical (unpaired) electrons. The van der Waals surface area contributed by atoms with Crippen LogP contribution in [0, 0.1) is 0 Å². The minimum Gasteiger partial charge on any atom is -0.466 e. The SMILES string of the molecule is CCC\C=C/C(=C(\C)C(=O)OC)C(=C/CCC(=O)OC(C)(C)C)/CCN. The largest absolute Gasteiger partial charge is 0.466 e. The monoisotopic (exact) mass is 365 g/mol. The van der Waals surface area contributed by atoms with Crippen molar-refractivity contribution in [3.05, 3.63) is 34.9 Å². The molecule has 2 N–H and O–H groups in total. The van der Waals surface area contributed by atoms with Gasteiger partial charge in [-0.1, -0.05) is 31.6 Å². The summed E-state index contributed by atoms with van der Waals surface area (Å²) in [5.41, 5.74) is 7.57. The number of nitrogens with two attached hydrogens (primary N) is 1. The molecule has 26 heavy (non-hydrogen) atoms. The van der Waals surface area contributed by atoms with Gasteiger partial charge in [0.25, 0.3) is 0 Å². The molecule has 0 unspecified atom stereocenters. The average Bonchev–Trinajstić information content (AvgIpc) is 2.55.